The van der Waals surface area contributed by atoms with Crippen LogP contribution in [0.25, 0.3) is 10.1 Å². The number of aromatic carboxylic acids is 1. The molecule has 0 saturated heterocycles. The van der Waals surface area contributed by atoms with E-state index in [0.717, 1.165) is 0 Å². The van der Waals surface area contributed by atoms with E-state index in [0.29, 0.717) is 16.0 Å². The third-order valence-corrected chi connectivity index (χ3v) is 4.57. The van der Waals surface area contributed by atoms with Gasteiger partial charge in [-0.1, -0.05) is 18.2 Å². The molecule has 0 radical (unpaired) electrons. The maximum Gasteiger partial charge on any atom is 0.516 e. The Bertz CT molecular complexity index is 779. The summed E-state index contributed by atoms with van der Waals surface area (Å²) in [7, 11) is -5.67. The van der Waals surface area contributed by atoms with Crippen LogP contribution >= 0.6 is 11.3 Å². The molecule has 2 N–H and O–H groups in total. The third kappa shape index (κ3) is 2.43. The lowest BCUT2D eigenvalue weighted by molar-refractivity contribution is -0.0429. The maximum atomic E-state index is 12.4. The number of nitrogens with one attached hydrogen (secondary N) is 1. The molecule has 0 bridgehead atoms. The lowest BCUT2D eigenvalue weighted by atomic mass is 10.2. The molecule has 0 unspecified atom stereocenters. The molecule has 0 aliphatic carbocycles. The molecule has 5 nitrogen and oxygen atoms in total. The molecule has 0 fully saturated rings. The van der Waals surface area contributed by atoms with Gasteiger partial charge in [0.25, 0.3) is 0 Å². The largest absolute Gasteiger partial charge is 0.516 e. The highest BCUT2D eigenvalue weighted by Crippen LogP contribution is 2.38. The van der Waals surface area contributed by atoms with Gasteiger partial charge in [-0.2, -0.15) is 21.6 Å². The van der Waals surface area contributed by atoms with E-state index in [-0.39, 0.29) is 5.39 Å². The first-order valence-corrected chi connectivity index (χ1v) is 7.27. The molecule has 1 heterocycles. The number of halogens is 3. The van der Waals surface area contributed by atoms with Gasteiger partial charge in [0.05, 0.1) is 5.69 Å². The molecule has 1 aromatic heterocycles. The predicted octanol–water partition coefficient (Wildman–Crippen LogP) is 2.86. The van der Waals surface area contributed by atoms with Crippen molar-refractivity contribution in [2.24, 2.45) is 0 Å². The van der Waals surface area contributed by atoms with Gasteiger partial charge in [0.15, 0.2) is 0 Å². The van der Waals surface area contributed by atoms with E-state index in [2.05, 4.69) is 0 Å². The Balaban J connectivity index is 2.65. The van der Waals surface area contributed by atoms with Crippen LogP contribution in [0.4, 0.5) is 18.9 Å². The number of carboxylic acids is 1. The van der Waals surface area contributed by atoms with Crippen molar-refractivity contribution in [1.29, 1.82) is 0 Å². The first-order chi connectivity index (χ1) is 9.13. The molecular weight excluding hydrogens is 319 g/mol. The Morgan fingerprint density at radius 3 is 2.40 bits per heavy atom. The minimum absolute atomic E-state index is 0.0997. The summed E-state index contributed by atoms with van der Waals surface area (Å²) in [6, 6.07) is 5.85. The Morgan fingerprint density at radius 2 is 1.85 bits per heavy atom. The summed E-state index contributed by atoms with van der Waals surface area (Å²) < 4.78 is 61.0. The van der Waals surface area contributed by atoms with Gasteiger partial charge < -0.3 is 5.11 Å². The second kappa shape index (κ2) is 4.63. The number of anilines is 1. The lowest BCUT2D eigenvalue weighted by Crippen LogP contribution is -2.30. The van der Waals surface area contributed by atoms with Crippen LogP contribution in [0.3, 0.4) is 0 Å². The Kier molecular flexibility index (Phi) is 3.38. The van der Waals surface area contributed by atoms with E-state index in [1.165, 1.54) is 22.9 Å². The molecule has 0 amide bonds. The summed E-state index contributed by atoms with van der Waals surface area (Å²) in [5.41, 5.74) is -6.10. The van der Waals surface area contributed by atoms with Crippen molar-refractivity contribution in [2.45, 2.75) is 5.51 Å². The van der Waals surface area contributed by atoms with Gasteiger partial charge in [0.1, 0.15) is 4.88 Å². The van der Waals surface area contributed by atoms with Crippen LogP contribution in [0, 0.1) is 0 Å². The van der Waals surface area contributed by atoms with Crippen LogP contribution < -0.4 is 4.72 Å². The third-order valence-electron chi connectivity index (χ3n) is 2.33. The first kappa shape index (κ1) is 14.6. The van der Waals surface area contributed by atoms with Crippen LogP contribution in [0.2, 0.25) is 0 Å². The molecule has 0 atom stereocenters. The van der Waals surface area contributed by atoms with Crippen molar-refractivity contribution in [2.75, 3.05) is 4.72 Å². The predicted molar refractivity (Wildman–Crippen MR) is 67.4 cm³/mol. The highest BCUT2D eigenvalue weighted by Gasteiger charge is 2.46. The van der Waals surface area contributed by atoms with Gasteiger partial charge in [-0.3, -0.25) is 4.72 Å². The highest BCUT2D eigenvalue weighted by atomic mass is 32.2. The van der Waals surface area contributed by atoms with Crippen molar-refractivity contribution in [3.63, 3.8) is 0 Å². The van der Waals surface area contributed by atoms with E-state index in [9.17, 15) is 26.4 Å². The molecule has 0 saturated carbocycles. The zero-order valence-electron chi connectivity index (χ0n) is 9.43. The number of benzene rings is 1. The van der Waals surface area contributed by atoms with Gasteiger partial charge in [-0.25, -0.2) is 4.79 Å². The number of hydrogen-bond acceptors (Lipinski definition) is 4. The summed E-state index contributed by atoms with van der Waals surface area (Å²) in [6.07, 6.45) is 0. The van der Waals surface area contributed by atoms with Gasteiger partial charge in [-0.15, -0.1) is 11.3 Å². The van der Waals surface area contributed by atoms with E-state index in [1.54, 1.807) is 6.07 Å². The molecule has 2 rings (SSSR count). The SMILES string of the molecule is O=C(O)c1sc2ccccc2c1NS(=O)(=O)C(F)(F)F. The van der Waals surface area contributed by atoms with Crippen molar-refractivity contribution in [1.82, 2.24) is 0 Å². The second-order valence-electron chi connectivity index (χ2n) is 3.66. The summed E-state index contributed by atoms with van der Waals surface area (Å²) in [4.78, 5) is 10.5. The number of carboxylic acid groups (broad SMARTS) is 1. The fourth-order valence-electron chi connectivity index (χ4n) is 1.49. The Labute approximate surface area is 114 Å². The second-order valence-corrected chi connectivity index (χ2v) is 6.38. The van der Waals surface area contributed by atoms with Crippen LogP contribution in [0.1, 0.15) is 9.67 Å². The van der Waals surface area contributed by atoms with E-state index < -0.39 is 32.1 Å². The number of hydrogen-bond donors (Lipinski definition) is 2. The molecule has 1 aromatic carbocycles. The normalized spacial score (nSPS) is 12.6. The standard InChI is InChI=1S/C10H6F3NO4S2/c11-10(12,13)20(17,18)14-7-5-3-1-2-4-6(5)19-8(7)9(15)16/h1-4,14H,(H,15,16). The summed E-state index contributed by atoms with van der Waals surface area (Å²) in [6.45, 7) is 0. The molecule has 10 heteroatoms. The Morgan fingerprint density at radius 1 is 1.25 bits per heavy atom. The van der Waals surface area contributed by atoms with Crippen LogP contribution in [0.5, 0.6) is 0 Å². The van der Waals surface area contributed by atoms with Crippen LogP contribution in [0.15, 0.2) is 24.3 Å². The average molecular weight is 325 g/mol. The monoisotopic (exact) mass is 325 g/mol. The van der Waals surface area contributed by atoms with Gasteiger partial charge in [-0.05, 0) is 6.07 Å². The van der Waals surface area contributed by atoms with Crippen molar-refractivity contribution in [3.05, 3.63) is 29.1 Å². The number of thiophene rings is 1. The summed E-state index contributed by atoms with van der Waals surface area (Å²) in [5.74, 6) is -1.51. The molecular formula is C10H6F3NO4S2. The minimum Gasteiger partial charge on any atom is -0.477 e. The van der Waals surface area contributed by atoms with Crippen molar-refractivity contribution < 1.29 is 31.5 Å². The molecule has 20 heavy (non-hydrogen) atoms. The number of sulfonamides is 1. The number of alkyl halides is 3. The Hall–Kier alpha value is -1.81. The fraction of sp³-hybridized carbons (Fsp3) is 0.100. The van der Waals surface area contributed by atoms with Gasteiger partial charge in [0.2, 0.25) is 0 Å². The highest BCUT2D eigenvalue weighted by molar-refractivity contribution is 7.93. The number of fused-ring (bicyclic) bond motifs is 1. The quantitative estimate of drug-likeness (QED) is 0.909. The van der Waals surface area contributed by atoms with Gasteiger partial charge in [0, 0.05) is 10.1 Å². The molecule has 0 aliphatic heterocycles. The molecule has 0 spiro atoms. The number of rotatable bonds is 3. The lowest BCUT2D eigenvalue weighted by Gasteiger charge is -2.10. The number of carbonyl (C=O) groups is 1. The van der Waals surface area contributed by atoms with Crippen LogP contribution in [-0.2, 0) is 10.0 Å². The fourth-order valence-corrected chi connectivity index (χ4v) is 3.15. The summed E-state index contributed by atoms with van der Waals surface area (Å²) >= 11 is 0.689. The van der Waals surface area contributed by atoms with Crippen molar-refractivity contribution >= 4 is 43.1 Å². The van der Waals surface area contributed by atoms with E-state index in [4.69, 9.17) is 5.11 Å². The van der Waals surface area contributed by atoms with Gasteiger partial charge >= 0.3 is 21.5 Å². The zero-order chi connectivity index (χ0) is 15.1. The molecule has 0 aliphatic rings. The maximum absolute atomic E-state index is 12.4. The summed E-state index contributed by atoms with van der Waals surface area (Å²) in [5, 5.41) is 9.06. The minimum atomic E-state index is -5.67. The zero-order valence-corrected chi connectivity index (χ0v) is 11.1. The topological polar surface area (TPSA) is 83.5 Å². The van der Waals surface area contributed by atoms with E-state index in [1.807, 2.05) is 0 Å². The smallest absolute Gasteiger partial charge is 0.477 e. The van der Waals surface area contributed by atoms with Crippen LogP contribution in [-0.4, -0.2) is 25.0 Å². The average Bonchev–Trinajstić information content (AvgIpc) is 2.67. The first-order valence-electron chi connectivity index (χ1n) is 4.97. The van der Waals surface area contributed by atoms with E-state index >= 15 is 0 Å². The van der Waals surface area contributed by atoms with Crippen molar-refractivity contribution in [3.8, 4) is 0 Å². The molecule has 108 valence electrons. The molecule has 2 aromatic rings.